The molecular weight excluding hydrogens is 331 g/mol. The Morgan fingerprint density at radius 3 is 2.38 bits per heavy atom. The van der Waals surface area contributed by atoms with Crippen LogP contribution in [-0.4, -0.2) is 9.78 Å². The minimum absolute atomic E-state index is 0.199. The van der Waals surface area contributed by atoms with Crippen molar-refractivity contribution in [2.75, 3.05) is 0 Å². The number of nitrogens with zero attached hydrogens (tertiary/aromatic N) is 2. The second kappa shape index (κ2) is 6.39. The van der Waals surface area contributed by atoms with Gasteiger partial charge in [-0.1, -0.05) is 24.3 Å². The molecule has 0 aliphatic carbocycles. The largest absolute Gasteiger partial charge is 0.268 e. The number of rotatable bonds is 0. The highest BCUT2D eigenvalue weighted by Crippen LogP contribution is 2.20. The van der Waals surface area contributed by atoms with Crippen LogP contribution in [-0.2, 0) is 7.05 Å². The molecule has 0 fully saturated rings. The van der Waals surface area contributed by atoms with Crippen LogP contribution in [0.2, 0.25) is 0 Å². The van der Waals surface area contributed by atoms with E-state index in [1.54, 1.807) is 6.07 Å². The molecule has 0 amide bonds. The quantitative estimate of drug-likeness (QED) is 0.553. The summed E-state index contributed by atoms with van der Waals surface area (Å²) in [5.41, 5.74) is 4.82. The van der Waals surface area contributed by atoms with E-state index in [1.165, 1.54) is 28.1 Å². The third-order valence-electron chi connectivity index (χ3n) is 3.57. The van der Waals surface area contributed by atoms with Crippen molar-refractivity contribution in [2.45, 2.75) is 20.8 Å². The molecule has 0 saturated carbocycles. The average molecular weight is 349 g/mol. The molecule has 0 spiro atoms. The number of aromatic nitrogens is 2. The molecule has 1 heterocycles. The molecule has 0 aliphatic heterocycles. The molecule has 21 heavy (non-hydrogen) atoms. The van der Waals surface area contributed by atoms with Gasteiger partial charge in [0, 0.05) is 12.4 Å². The summed E-state index contributed by atoms with van der Waals surface area (Å²) >= 11 is 3.10. The van der Waals surface area contributed by atoms with Crippen LogP contribution >= 0.6 is 15.9 Å². The van der Waals surface area contributed by atoms with E-state index in [4.69, 9.17) is 0 Å². The smallest absolute Gasteiger partial charge is 0.137 e. The third-order valence-corrected chi connectivity index (χ3v) is 4.58. The molecular formula is C17H18BrFN2. The number of fused-ring (bicyclic) bond motifs is 1. The molecule has 0 saturated heterocycles. The standard InChI is InChI=1S/C10H12N2.C7H6BrF/c1-7-4-5-9-6-11-12(3)10(9)8(7)2;1-5-3-2-4-6(9)7(5)8/h4-6H,1-3H3;2-4H,1H3. The molecule has 0 N–H and O–H groups in total. The van der Waals surface area contributed by atoms with Crippen molar-refractivity contribution in [1.29, 1.82) is 0 Å². The summed E-state index contributed by atoms with van der Waals surface area (Å²) in [5, 5.41) is 5.44. The summed E-state index contributed by atoms with van der Waals surface area (Å²) in [5.74, 6) is -0.199. The van der Waals surface area contributed by atoms with Crippen LogP contribution < -0.4 is 0 Å². The molecule has 2 aromatic carbocycles. The van der Waals surface area contributed by atoms with Crippen LogP contribution in [0.3, 0.4) is 0 Å². The van der Waals surface area contributed by atoms with Gasteiger partial charge in [-0.25, -0.2) is 4.39 Å². The van der Waals surface area contributed by atoms with Gasteiger partial charge in [-0.05, 0) is 59.5 Å². The molecule has 1 aromatic heterocycles. The van der Waals surface area contributed by atoms with Crippen molar-refractivity contribution in [3.63, 3.8) is 0 Å². The van der Waals surface area contributed by atoms with Crippen molar-refractivity contribution in [1.82, 2.24) is 9.78 Å². The summed E-state index contributed by atoms with van der Waals surface area (Å²) < 4.78 is 15.0. The first-order valence-corrected chi connectivity index (χ1v) is 7.49. The Labute approximate surface area is 132 Å². The molecule has 2 nitrogen and oxygen atoms in total. The Morgan fingerprint density at radius 2 is 1.76 bits per heavy atom. The lowest BCUT2D eigenvalue weighted by atomic mass is 10.1. The van der Waals surface area contributed by atoms with Gasteiger partial charge in [0.05, 0.1) is 16.2 Å². The van der Waals surface area contributed by atoms with E-state index < -0.39 is 0 Å². The van der Waals surface area contributed by atoms with Crippen LogP contribution in [0.15, 0.2) is 41.0 Å². The summed E-state index contributed by atoms with van der Waals surface area (Å²) in [6.07, 6.45) is 1.90. The van der Waals surface area contributed by atoms with E-state index in [9.17, 15) is 4.39 Å². The van der Waals surface area contributed by atoms with E-state index in [2.05, 4.69) is 47.0 Å². The zero-order valence-electron chi connectivity index (χ0n) is 12.6. The van der Waals surface area contributed by atoms with Crippen molar-refractivity contribution in [2.24, 2.45) is 7.05 Å². The molecule has 0 radical (unpaired) electrons. The number of hydrogen-bond acceptors (Lipinski definition) is 1. The zero-order chi connectivity index (χ0) is 15.6. The molecule has 0 aliphatic rings. The van der Waals surface area contributed by atoms with Crippen molar-refractivity contribution < 1.29 is 4.39 Å². The minimum Gasteiger partial charge on any atom is -0.268 e. The summed E-state index contributed by atoms with van der Waals surface area (Å²) in [7, 11) is 1.98. The fourth-order valence-corrected chi connectivity index (χ4v) is 2.44. The second-order valence-electron chi connectivity index (χ2n) is 5.08. The van der Waals surface area contributed by atoms with Gasteiger partial charge in [0.25, 0.3) is 0 Å². The van der Waals surface area contributed by atoms with Gasteiger partial charge in [-0.15, -0.1) is 0 Å². The van der Waals surface area contributed by atoms with E-state index in [0.29, 0.717) is 4.47 Å². The Kier molecular flexibility index (Phi) is 4.78. The maximum atomic E-state index is 12.5. The van der Waals surface area contributed by atoms with Crippen LogP contribution in [0.1, 0.15) is 16.7 Å². The zero-order valence-corrected chi connectivity index (χ0v) is 14.2. The lowest BCUT2D eigenvalue weighted by Crippen LogP contribution is -1.92. The Balaban J connectivity index is 0.000000161. The fourth-order valence-electron chi connectivity index (χ4n) is 2.17. The number of aryl methyl sites for hydroxylation is 4. The lowest BCUT2D eigenvalue weighted by molar-refractivity contribution is 0.619. The number of benzene rings is 2. The number of halogens is 2. The molecule has 0 atom stereocenters. The summed E-state index contributed by atoms with van der Waals surface area (Å²) in [6, 6.07) is 9.23. The van der Waals surface area contributed by atoms with Crippen molar-refractivity contribution >= 4 is 26.8 Å². The summed E-state index contributed by atoms with van der Waals surface area (Å²) in [4.78, 5) is 0. The highest BCUT2D eigenvalue weighted by atomic mass is 79.9. The van der Waals surface area contributed by atoms with E-state index in [0.717, 1.165) is 5.56 Å². The Morgan fingerprint density at radius 1 is 1.05 bits per heavy atom. The monoisotopic (exact) mass is 348 g/mol. The fraction of sp³-hybridized carbons (Fsp3) is 0.235. The maximum Gasteiger partial charge on any atom is 0.137 e. The molecule has 110 valence electrons. The highest BCUT2D eigenvalue weighted by Gasteiger charge is 2.03. The highest BCUT2D eigenvalue weighted by molar-refractivity contribution is 9.10. The Hall–Kier alpha value is -1.68. The summed E-state index contributed by atoms with van der Waals surface area (Å²) in [6.45, 7) is 6.12. The van der Waals surface area contributed by atoms with E-state index in [1.807, 2.05) is 30.9 Å². The van der Waals surface area contributed by atoms with Crippen LogP contribution in [0.4, 0.5) is 4.39 Å². The van der Waals surface area contributed by atoms with Gasteiger partial charge in [0.1, 0.15) is 5.82 Å². The van der Waals surface area contributed by atoms with Gasteiger partial charge in [-0.2, -0.15) is 5.10 Å². The minimum atomic E-state index is -0.199. The van der Waals surface area contributed by atoms with E-state index in [-0.39, 0.29) is 5.82 Å². The van der Waals surface area contributed by atoms with Gasteiger partial charge in [0.15, 0.2) is 0 Å². The SMILES string of the molecule is Cc1ccc2cnn(C)c2c1C.Cc1cccc(F)c1Br. The van der Waals surface area contributed by atoms with Gasteiger partial charge in [0.2, 0.25) is 0 Å². The second-order valence-corrected chi connectivity index (χ2v) is 5.88. The van der Waals surface area contributed by atoms with E-state index >= 15 is 0 Å². The predicted molar refractivity (Wildman–Crippen MR) is 89.0 cm³/mol. The Bertz CT molecular complexity index is 758. The molecule has 0 bridgehead atoms. The molecule has 0 unspecified atom stereocenters. The predicted octanol–water partition coefficient (Wildman–Crippen LogP) is 5.09. The number of hydrogen-bond donors (Lipinski definition) is 0. The van der Waals surface area contributed by atoms with Crippen LogP contribution in [0.5, 0.6) is 0 Å². The first kappa shape index (κ1) is 15.7. The van der Waals surface area contributed by atoms with Gasteiger partial charge in [-0.3, -0.25) is 4.68 Å². The maximum absolute atomic E-state index is 12.5. The van der Waals surface area contributed by atoms with Gasteiger partial charge >= 0.3 is 0 Å². The molecule has 3 aromatic rings. The first-order valence-electron chi connectivity index (χ1n) is 6.70. The third kappa shape index (κ3) is 3.32. The first-order chi connectivity index (χ1) is 9.91. The lowest BCUT2D eigenvalue weighted by Gasteiger charge is -2.02. The van der Waals surface area contributed by atoms with Crippen LogP contribution in [0, 0.1) is 26.6 Å². The molecule has 3 rings (SSSR count). The molecule has 4 heteroatoms. The normalized spacial score (nSPS) is 10.4. The topological polar surface area (TPSA) is 17.8 Å². The van der Waals surface area contributed by atoms with Gasteiger partial charge < -0.3 is 0 Å². The average Bonchev–Trinajstić information content (AvgIpc) is 2.83. The van der Waals surface area contributed by atoms with Crippen molar-refractivity contribution in [3.05, 3.63) is 63.5 Å². The van der Waals surface area contributed by atoms with Crippen LogP contribution in [0.25, 0.3) is 10.9 Å². The van der Waals surface area contributed by atoms with Crippen molar-refractivity contribution in [3.8, 4) is 0 Å².